The lowest BCUT2D eigenvalue weighted by Crippen LogP contribution is -2.27. The number of carbonyl (C=O) groups is 2. The molecular formula is C12H9Cl2NO3. The molecular weight excluding hydrogens is 277 g/mol. The molecule has 0 radical (unpaired) electrons. The Labute approximate surface area is 113 Å². The summed E-state index contributed by atoms with van der Waals surface area (Å²) in [7, 11) is 0. The van der Waals surface area contributed by atoms with E-state index in [2.05, 4.69) is 0 Å². The maximum Gasteiger partial charge on any atom is 0.335 e. The Hall–Kier alpha value is -1.52. The van der Waals surface area contributed by atoms with E-state index < -0.39 is 5.97 Å². The van der Waals surface area contributed by atoms with Gasteiger partial charge in [-0.25, -0.2) is 4.79 Å². The molecule has 2 rings (SSSR count). The van der Waals surface area contributed by atoms with Gasteiger partial charge in [-0.1, -0.05) is 23.2 Å². The Bertz CT molecular complexity index is 554. The highest BCUT2D eigenvalue weighted by atomic mass is 35.5. The molecule has 6 heteroatoms. The molecule has 1 aliphatic rings. The third-order valence-electron chi connectivity index (χ3n) is 2.69. The molecule has 1 aromatic rings. The summed E-state index contributed by atoms with van der Waals surface area (Å²) in [5, 5.41) is 9.23. The molecule has 0 saturated carbocycles. The Morgan fingerprint density at radius 3 is 2.83 bits per heavy atom. The first kappa shape index (κ1) is 12.9. The fraction of sp³-hybridized carbons (Fsp3) is 0.167. The van der Waals surface area contributed by atoms with Crippen molar-refractivity contribution in [2.24, 2.45) is 0 Å². The van der Waals surface area contributed by atoms with Crippen molar-refractivity contribution in [1.29, 1.82) is 0 Å². The van der Waals surface area contributed by atoms with Crippen molar-refractivity contribution >= 4 is 40.8 Å². The second kappa shape index (κ2) is 5.00. The predicted octanol–water partition coefficient (Wildman–Crippen LogP) is 2.59. The molecule has 1 amide bonds. The van der Waals surface area contributed by atoms with Crippen LogP contribution in [-0.4, -0.2) is 23.5 Å². The minimum atomic E-state index is -1.01. The van der Waals surface area contributed by atoms with E-state index in [1.54, 1.807) is 6.07 Å². The molecule has 0 bridgehead atoms. The number of rotatable bonds is 3. The van der Waals surface area contributed by atoms with Crippen molar-refractivity contribution in [2.75, 3.05) is 11.4 Å². The summed E-state index contributed by atoms with van der Waals surface area (Å²) < 4.78 is 0. The first-order chi connectivity index (χ1) is 8.52. The van der Waals surface area contributed by atoms with E-state index in [0.717, 1.165) is 0 Å². The third kappa shape index (κ3) is 2.35. The largest absolute Gasteiger partial charge is 0.478 e. The zero-order valence-electron chi connectivity index (χ0n) is 9.19. The van der Waals surface area contributed by atoms with Crippen molar-refractivity contribution in [3.05, 3.63) is 39.9 Å². The van der Waals surface area contributed by atoms with Gasteiger partial charge < -0.3 is 10.0 Å². The Kier molecular flexibility index (Phi) is 3.59. The van der Waals surface area contributed by atoms with E-state index in [0.29, 0.717) is 16.3 Å². The molecule has 0 unspecified atom stereocenters. The lowest BCUT2D eigenvalue weighted by molar-refractivity contribution is -0.117. The van der Waals surface area contributed by atoms with E-state index >= 15 is 0 Å². The SMILES string of the molecule is O=C(O)c1ccc2c(c1)CC(=O)N2C/C(Cl)=C/Cl. The van der Waals surface area contributed by atoms with Gasteiger partial charge in [-0.3, -0.25) is 4.79 Å². The van der Waals surface area contributed by atoms with Gasteiger partial charge in [0.15, 0.2) is 0 Å². The molecule has 4 nitrogen and oxygen atoms in total. The summed E-state index contributed by atoms with van der Waals surface area (Å²) in [6.07, 6.45) is 0.183. The standard InChI is InChI=1S/C12H9Cl2NO3/c13-5-9(14)6-15-10-2-1-7(12(17)18)3-8(10)4-11(15)16/h1-3,5H,4,6H2,(H,17,18)/b9-5-. The average Bonchev–Trinajstić information content (AvgIpc) is 2.64. The molecule has 94 valence electrons. The summed E-state index contributed by atoms with van der Waals surface area (Å²) in [5.74, 6) is -1.13. The zero-order valence-corrected chi connectivity index (χ0v) is 10.7. The molecule has 0 aromatic heterocycles. The summed E-state index contributed by atoms with van der Waals surface area (Å²) in [5.41, 5.74) is 2.75. The number of fused-ring (bicyclic) bond motifs is 1. The Morgan fingerprint density at radius 2 is 2.22 bits per heavy atom. The number of hydrogen-bond donors (Lipinski definition) is 1. The minimum absolute atomic E-state index is 0.121. The number of nitrogens with zero attached hydrogens (tertiary/aromatic N) is 1. The normalized spacial score (nSPS) is 14.9. The molecule has 0 saturated heterocycles. The van der Waals surface area contributed by atoms with Gasteiger partial charge in [0.25, 0.3) is 0 Å². The van der Waals surface area contributed by atoms with Crippen LogP contribution in [0.25, 0.3) is 0 Å². The number of carboxylic acid groups (broad SMARTS) is 1. The number of amides is 1. The van der Waals surface area contributed by atoms with Crippen LogP contribution in [-0.2, 0) is 11.2 Å². The first-order valence-electron chi connectivity index (χ1n) is 5.14. The topological polar surface area (TPSA) is 57.6 Å². The molecule has 0 aliphatic carbocycles. The van der Waals surface area contributed by atoms with Gasteiger partial charge in [-0.05, 0) is 23.8 Å². The second-order valence-electron chi connectivity index (χ2n) is 3.86. The van der Waals surface area contributed by atoms with Crippen LogP contribution < -0.4 is 4.90 Å². The van der Waals surface area contributed by atoms with E-state index in [-0.39, 0.29) is 24.4 Å². The molecule has 18 heavy (non-hydrogen) atoms. The average molecular weight is 286 g/mol. The Balaban J connectivity index is 2.35. The summed E-state index contributed by atoms with van der Waals surface area (Å²) in [6.45, 7) is 0.198. The van der Waals surface area contributed by atoms with E-state index in [4.69, 9.17) is 28.3 Å². The quantitative estimate of drug-likeness (QED) is 0.929. The van der Waals surface area contributed by atoms with Gasteiger partial charge in [0, 0.05) is 16.3 Å². The van der Waals surface area contributed by atoms with Crippen LogP contribution in [0.2, 0.25) is 0 Å². The van der Waals surface area contributed by atoms with Crippen LogP contribution >= 0.6 is 23.2 Å². The van der Waals surface area contributed by atoms with Gasteiger partial charge in [0.2, 0.25) is 5.91 Å². The van der Waals surface area contributed by atoms with Crippen LogP contribution in [0.15, 0.2) is 28.8 Å². The molecule has 1 heterocycles. The highest BCUT2D eigenvalue weighted by molar-refractivity contribution is 6.37. The van der Waals surface area contributed by atoms with Crippen LogP contribution in [0.3, 0.4) is 0 Å². The predicted molar refractivity (Wildman–Crippen MR) is 69.2 cm³/mol. The Morgan fingerprint density at radius 1 is 1.50 bits per heavy atom. The lowest BCUT2D eigenvalue weighted by Gasteiger charge is -2.16. The minimum Gasteiger partial charge on any atom is -0.478 e. The summed E-state index contributed by atoms with van der Waals surface area (Å²) in [6, 6.07) is 4.58. The maximum atomic E-state index is 11.8. The van der Waals surface area contributed by atoms with E-state index in [9.17, 15) is 9.59 Å². The second-order valence-corrected chi connectivity index (χ2v) is 4.56. The van der Waals surface area contributed by atoms with Crippen molar-refractivity contribution < 1.29 is 14.7 Å². The van der Waals surface area contributed by atoms with Gasteiger partial charge in [0.1, 0.15) is 0 Å². The number of aromatic carboxylic acids is 1. The number of hydrogen-bond acceptors (Lipinski definition) is 2. The number of carboxylic acids is 1. The lowest BCUT2D eigenvalue weighted by atomic mass is 10.1. The fourth-order valence-electron chi connectivity index (χ4n) is 1.88. The number of anilines is 1. The number of benzene rings is 1. The van der Waals surface area contributed by atoms with Gasteiger partial charge in [-0.15, -0.1) is 0 Å². The zero-order chi connectivity index (χ0) is 13.3. The van der Waals surface area contributed by atoms with Gasteiger partial charge in [0.05, 0.1) is 18.5 Å². The van der Waals surface area contributed by atoms with Crippen molar-refractivity contribution in [2.45, 2.75) is 6.42 Å². The first-order valence-corrected chi connectivity index (χ1v) is 5.95. The smallest absolute Gasteiger partial charge is 0.335 e. The van der Waals surface area contributed by atoms with Crippen LogP contribution in [0.4, 0.5) is 5.69 Å². The number of carbonyl (C=O) groups excluding carboxylic acids is 1. The van der Waals surface area contributed by atoms with Crippen molar-refractivity contribution in [1.82, 2.24) is 0 Å². The highest BCUT2D eigenvalue weighted by Gasteiger charge is 2.28. The van der Waals surface area contributed by atoms with E-state index in [1.165, 1.54) is 22.6 Å². The molecule has 0 spiro atoms. The van der Waals surface area contributed by atoms with Crippen molar-refractivity contribution in [3.8, 4) is 0 Å². The molecule has 1 N–H and O–H groups in total. The maximum absolute atomic E-state index is 11.8. The fourth-order valence-corrected chi connectivity index (χ4v) is 2.06. The monoisotopic (exact) mass is 285 g/mol. The molecule has 0 atom stereocenters. The van der Waals surface area contributed by atoms with E-state index in [1.807, 2.05) is 0 Å². The van der Waals surface area contributed by atoms with Crippen molar-refractivity contribution in [3.63, 3.8) is 0 Å². The molecule has 1 aliphatic heterocycles. The molecule has 0 fully saturated rings. The summed E-state index contributed by atoms with van der Waals surface area (Å²) in [4.78, 5) is 24.1. The third-order valence-corrected chi connectivity index (χ3v) is 3.29. The number of halogens is 2. The van der Waals surface area contributed by atoms with Crippen LogP contribution in [0.5, 0.6) is 0 Å². The summed E-state index contributed by atoms with van der Waals surface area (Å²) >= 11 is 11.3. The van der Waals surface area contributed by atoms with Crippen LogP contribution in [0, 0.1) is 0 Å². The highest BCUT2D eigenvalue weighted by Crippen LogP contribution is 2.30. The van der Waals surface area contributed by atoms with Gasteiger partial charge >= 0.3 is 5.97 Å². The van der Waals surface area contributed by atoms with Gasteiger partial charge in [-0.2, -0.15) is 0 Å². The van der Waals surface area contributed by atoms with Crippen LogP contribution in [0.1, 0.15) is 15.9 Å². The molecule has 1 aromatic carbocycles.